The molecule has 1 aliphatic carbocycles. The Bertz CT molecular complexity index is 1420. The van der Waals surface area contributed by atoms with Crippen LogP contribution in [0.1, 0.15) is 54.1 Å². The topological polar surface area (TPSA) is 139 Å². The van der Waals surface area contributed by atoms with Crippen molar-refractivity contribution in [1.29, 1.82) is 0 Å². The van der Waals surface area contributed by atoms with Gasteiger partial charge in [0.1, 0.15) is 11.9 Å². The highest BCUT2D eigenvalue weighted by Crippen LogP contribution is 2.31. The molecule has 0 bridgehead atoms. The predicted molar refractivity (Wildman–Crippen MR) is 145 cm³/mol. The second-order valence-corrected chi connectivity index (χ2v) is 12.5. The summed E-state index contributed by atoms with van der Waals surface area (Å²) < 4.78 is 46.7. The quantitative estimate of drug-likeness (QED) is 0.333. The first kappa shape index (κ1) is 27.3. The van der Waals surface area contributed by atoms with Gasteiger partial charge in [-0.25, -0.2) is 22.8 Å². The van der Waals surface area contributed by atoms with Gasteiger partial charge >= 0.3 is 0 Å². The van der Waals surface area contributed by atoms with E-state index >= 15 is 0 Å². The van der Waals surface area contributed by atoms with E-state index in [4.69, 9.17) is 4.74 Å². The van der Waals surface area contributed by atoms with Gasteiger partial charge in [-0.05, 0) is 44.7 Å². The Balaban J connectivity index is 1.33. The molecule has 0 unspecified atom stereocenters. The third-order valence-electron chi connectivity index (χ3n) is 6.47. The second kappa shape index (κ2) is 11.9. The molecule has 3 aromatic heterocycles. The number of alkyl halides is 1. The van der Waals surface area contributed by atoms with E-state index in [-0.39, 0.29) is 10.3 Å². The van der Waals surface area contributed by atoms with E-state index in [1.165, 1.54) is 23.7 Å². The van der Waals surface area contributed by atoms with Gasteiger partial charge in [0.25, 0.3) is 5.91 Å². The number of carbonyl (C=O) groups is 1. The van der Waals surface area contributed by atoms with Crippen molar-refractivity contribution in [3.63, 3.8) is 0 Å². The Morgan fingerprint density at radius 2 is 2.10 bits per heavy atom. The molecule has 2 fully saturated rings. The van der Waals surface area contributed by atoms with Crippen LogP contribution in [-0.4, -0.2) is 76.8 Å². The number of aromatic nitrogens is 4. The fourth-order valence-electron chi connectivity index (χ4n) is 4.32. The monoisotopic (exact) mass is 575 g/mol. The molecule has 4 heterocycles. The first-order valence-electron chi connectivity index (χ1n) is 12.9. The smallest absolute Gasteiger partial charge is 0.280 e. The van der Waals surface area contributed by atoms with Crippen molar-refractivity contribution in [3.8, 4) is 16.5 Å². The molecule has 3 aromatic rings. The minimum absolute atomic E-state index is 0.231. The van der Waals surface area contributed by atoms with Gasteiger partial charge in [-0.15, -0.1) is 11.3 Å². The lowest BCUT2D eigenvalue weighted by Gasteiger charge is -2.22. The summed E-state index contributed by atoms with van der Waals surface area (Å²) >= 11 is 1.17. The van der Waals surface area contributed by atoms with E-state index in [0.29, 0.717) is 79.8 Å². The van der Waals surface area contributed by atoms with E-state index in [1.807, 2.05) is 11.8 Å². The summed E-state index contributed by atoms with van der Waals surface area (Å²) in [7, 11) is -3.45. The zero-order valence-corrected chi connectivity index (χ0v) is 23.0. The number of ether oxygens (including phenoxy) is 1. The Labute approximate surface area is 230 Å². The standard InChI is InChI=1S/C25H30FN7O4S2/c1-2-37-23-14-27-12-21(30-23)22-13-29-25(38-22)24(34)31-19(7-10-33-9-6-16(26)15-33)20-11-17(5-8-28-20)32-39(35,36)18-3-4-18/h5,8,11-14,16,18-19H,2-4,6-7,9-10,15H2,1H3,(H,28,32)(H,31,34)/t16-,19-/m1/s1. The molecule has 11 nitrogen and oxygen atoms in total. The van der Waals surface area contributed by atoms with Gasteiger partial charge in [0, 0.05) is 32.0 Å². The number of nitrogens with one attached hydrogen (secondary N) is 2. The van der Waals surface area contributed by atoms with Crippen molar-refractivity contribution in [1.82, 2.24) is 30.2 Å². The van der Waals surface area contributed by atoms with Gasteiger partial charge in [0.2, 0.25) is 15.9 Å². The molecule has 1 aliphatic heterocycles. The number of amides is 1. The van der Waals surface area contributed by atoms with Gasteiger partial charge < -0.3 is 15.0 Å². The van der Waals surface area contributed by atoms with Gasteiger partial charge in [-0.2, -0.15) is 0 Å². The van der Waals surface area contributed by atoms with Crippen LogP contribution in [0.4, 0.5) is 10.1 Å². The zero-order valence-electron chi connectivity index (χ0n) is 21.4. The average molecular weight is 576 g/mol. The number of likely N-dealkylation sites (tertiary alicyclic amines) is 1. The molecule has 0 spiro atoms. The van der Waals surface area contributed by atoms with E-state index in [1.54, 1.807) is 24.5 Å². The summed E-state index contributed by atoms with van der Waals surface area (Å²) in [5.41, 5.74) is 1.43. The molecule has 5 rings (SSSR count). The highest BCUT2D eigenvalue weighted by Gasteiger charge is 2.36. The molecule has 0 radical (unpaired) electrons. The Morgan fingerprint density at radius 3 is 2.85 bits per heavy atom. The first-order chi connectivity index (χ1) is 18.8. The summed E-state index contributed by atoms with van der Waals surface area (Å²) in [6.07, 6.45) is 7.56. The van der Waals surface area contributed by atoms with Gasteiger partial charge in [-0.1, -0.05) is 0 Å². The van der Waals surface area contributed by atoms with Crippen LogP contribution < -0.4 is 14.8 Å². The number of nitrogens with zero attached hydrogens (tertiary/aromatic N) is 5. The molecule has 2 aliphatic rings. The van der Waals surface area contributed by atoms with Crippen molar-refractivity contribution in [2.24, 2.45) is 0 Å². The molecule has 0 aromatic carbocycles. The van der Waals surface area contributed by atoms with Crippen molar-refractivity contribution < 1.29 is 22.3 Å². The van der Waals surface area contributed by atoms with Crippen molar-refractivity contribution in [3.05, 3.63) is 47.6 Å². The van der Waals surface area contributed by atoms with Crippen LogP contribution in [-0.2, 0) is 10.0 Å². The maximum absolute atomic E-state index is 13.7. The zero-order chi connectivity index (χ0) is 27.4. The fraction of sp³-hybridized carbons (Fsp3) is 0.480. The fourth-order valence-corrected chi connectivity index (χ4v) is 6.48. The maximum Gasteiger partial charge on any atom is 0.280 e. The number of hydrogen-bond donors (Lipinski definition) is 2. The normalized spacial score (nSPS) is 18.6. The Hall–Kier alpha value is -3.23. The molecule has 208 valence electrons. The SMILES string of the molecule is CCOc1cncc(-c2cnc(C(=O)N[C@H](CCN3CC[C@@H](F)C3)c3cc(NS(=O)(=O)C4CC4)ccn3)s2)n1. The highest BCUT2D eigenvalue weighted by molar-refractivity contribution is 7.93. The molecule has 1 saturated carbocycles. The summed E-state index contributed by atoms with van der Waals surface area (Å²) in [5, 5.41) is 2.86. The van der Waals surface area contributed by atoms with E-state index < -0.39 is 28.1 Å². The van der Waals surface area contributed by atoms with Gasteiger partial charge in [-0.3, -0.25) is 19.5 Å². The summed E-state index contributed by atoms with van der Waals surface area (Å²) in [6, 6.07) is 2.67. The number of halogens is 1. The summed E-state index contributed by atoms with van der Waals surface area (Å²) in [5.74, 6) is -0.0177. The largest absolute Gasteiger partial charge is 0.477 e. The highest BCUT2D eigenvalue weighted by atomic mass is 32.2. The van der Waals surface area contributed by atoms with Crippen molar-refractivity contribution in [2.75, 3.05) is 31.0 Å². The summed E-state index contributed by atoms with van der Waals surface area (Å²) in [4.78, 5) is 33.2. The third-order valence-corrected chi connectivity index (χ3v) is 9.36. The van der Waals surface area contributed by atoms with Crippen LogP contribution in [0.3, 0.4) is 0 Å². The van der Waals surface area contributed by atoms with Crippen LogP contribution in [0.15, 0.2) is 36.9 Å². The average Bonchev–Trinajstić information content (AvgIpc) is 3.53. The van der Waals surface area contributed by atoms with Crippen molar-refractivity contribution >= 4 is 33.0 Å². The number of thiazole rings is 1. The lowest BCUT2D eigenvalue weighted by Crippen LogP contribution is -2.33. The number of sulfonamides is 1. The maximum atomic E-state index is 13.7. The predicted octanol–water partition coefficient (Wildman–Crippen LogP) is 3.20. The number of carbonyl (C=O) groups excluding carboxylic acids is 1. The van der Waals surface area contributed by atoms with Crippen LogP contribution in [0, 0.1) is 0 Å². The summed E-state index contributed by atoms with van der Waals surface area (Å²) in [6.45, 7) is 3.86. The van der Waals surface area contributed by atoms with Gasteiger partial charge in [0.15, 0.2) is 5.01 Å². The van der Waals surface area contributed by atoms with E-state index in [2.05, 4.69) is 30.0 Å². The second-order valence-electron chi connectivity index (χ2n) is 9.52. The molecule has 1 amide bonds. The molecule has 2 N–H and O–H groups in total. The minimum Gasteiger partial charge on any atom is -0.477 e. The molecular formula is C25H30FN7O4S2. The first-order valence-corrected chi connectivity index (χ1v) is 15.2. The lowest BCUT2D eigenvalue weighted by atomic mass is 10.1. The minimum atomic E-state index is -3.45. The molecule has 39 heavy (non-hydrogen) atoms. The lowest BCUT2D eigenvalue weighted by molar-refractivity contribution is 0.0930. The Morgan fingerprint density at radius 1 is 1.26 bits per heavy atom. The molecule has 1 saturated heterocycles. The number of anilines is 1. The van der Waals surface area contributed by atoms with Crippen molar-refractivity contribution in [2.45, 2.75) is 50.1 Å². The molecular weight excluding hydrogens is 545 g/mol. The number of rotatable bonds is 12. The molecule has 2 atom stereocenters. The number of hydrogen-bond acceptors (Lipinski definition) is 10. The van der Waals surface area contributed by atoms with Crippen LogP contribution in [0.5, 0.6) is 5.88 Å². The van der Waals surface area contributed by atoms with Crippen LogP contribution >= 0.6 is 11.3 Å². The van der Waals surface area contributed by atoms with E-state index in [9.17, 15) is 17.6 Å². The number of pyridine rings is 1. The van der Waals surface area contributed by atoms with Gasteiger partial charge in [0.05, 0.1) is 46.6 Å². The Kier molecular flexibility index (Phi) is 8.33. The molecule has 14 heteroatoms. The van der Waals surface area contributed by atoms with Crippen LogP contribution in [0.2, 0.25) is 0 Å². The van der Waals surface area contributed by atoms with E-state index in [0.717, 1.165) is 0 Å². The third kappa shape index (κ3) is 7.05. The van der Waals surface area contributed by atoms with Crippen LogP contribution in [0.25, 0.3) is 10.6 Å².